The number of sulfone groups is 1. The lowest BCUT2D eigenvalue weighted by molar-refractivity contribution is 0.483. The third kappa shape index (κ3) is 2.21. The Balaban J connectivity index is 2.27. The number of anilines is 1. The molecule has 1 aliphatic rings. The minimum atomic E-state index is -3.13. The van der Waals surface area contributed by atoms with Crippen LogP contribution in [-0.2, 0) is 9.84 Å². The molecule has 4 heteroatoms. The zero-order valence-corrected chi connectivity index (χ0v) is 10.0. The van der Waals surface area contributed by atoms with Crippen molar-refractivity contribution in [2.24, 2.45) is 0 Å². The summed E-state index contributed by atoms with van der Waals surface area (Å²) in [6, 6.07) is 6.52. The van der Waals surface area contributed by atoms with E-state index in [1.54, 1.807) is 24.3 Å². The van der Waals surface area contributed by atoms with Gasteiger partial charge in [-0.2, -0.15) is 0 Å². The van der Waals surface area contributed by atoms with Crippen LogP contribution >= 0.6 is 0 Å². The van der Waals surface area contributed by atoms with Crippen molar-refractivity contribution < 1.29 is 8.42 Å². The highest BCUT2D eigenvalue weighted by molar-refractivity contribution is 7.92. The Kier molecular flexibility index (Phi) is 3.19. The first kappa shape index (κ1) is 11.5. The lowest BCUT2D eigenvalue weighted by atomic mass is 10.0. The highest BCUT2D eigenvalue weighted by atomic mass is 32.2. The van der Waals surface area contributed by atoms with E-state index >= 15 is 0 Å². The Labute approximate surface area is 96.6 Å². The minimum absolute atomic E-state index is 0.190. The second kappa shape index (κ2) is 4.45. The highest BCUT2D eigenvalue weighted by Gasteiger charge is 2.28. The third-order valence-corrected chi connectivity index (χ3v) is 5.48. The van der Waals surface area contributed by atoms with Crippen molar-refractivity contribution in [2.75, 3.05) is 5.73 Å². The van der Waals surface area contributed by atoms with Crippen LogP contribution in [0.3, 0.4) is 0 Å². The Morgan fingerprint density at radius 1 is 1.00 bits per heavy atom. The summed E-state index contributed by atoms with van der Waals surface area (Å²) in [4.78, 5) is 0.411. The van der Waals surface area contributed by atoms with Crippen molar-refractivity contribution in [2.45, 2.75) is 42.2 Å². The molecule has 1 aromatic rings. The summed E-state index contributed by atoms with van der Waals surface area (Å²) in [6.07, 6.45) is 4.81. The van der Waals surface area contributed by atoms with E-state index in [1.807, 2.05) is 0 Å². The second-order valence-electron chi connectivity index (χ2n) is 4.37. The van der Waals surface area contributed by atoms with Gasteiger partial charge < -0.3 is 5.73 Å². The van der Waals surface area contributed by atoms with Crippen LogP contribution in [0.4, 0.5) is 5.69 Å². The zero-order valence-electron chi connectivity index (χ0n) is 9.22. The lowest BCUT2D eigenvalue weighted by Gasteiger charge is -2.21. The molecule has 3 nitrogen and oxygen atoms in total. The molecule has 0 aliphatic heterocycles. The van der Waals surface area contributed by atoms with Crippen LogP contribution < -0.4 is 5.73 Å². The molecule has 1 fully saturated rings. The number of hydrogen-bond donors (Lipinski definition) is 1. The summed E-state index contributed by atoms with van der Waals surface area (Å²) in [6.45, 7) is 0. The molecule has 88 valence electrons. The largest absolute Gasteiger partial charge is 0.399 e. The van der Waals surface area contributed by atoms with Crippen molar-refractivity contribution in [3.8, 4) is 0 Å². The number of nitrogens with two attached hydrogens (primary N) is 1. The lowest BCUT2D eigenvalue weighted by Crippen LogP contribution is -2.24. The van der Waals surface area contributed by atoms with Gasteiger partial charge in [-0.25, -0.2) is 8.42 Å². The molecule has 16 heavy (non-hydrogen) atoms. The van der Waals surface area contributed by atoms with Crippen LogP contribution in [-0.4, -0.2) is 13.7 Å². The maximum Gasteiger partial charge on any atom is 0.181 e. The van der Waals surface area contributed by atoms with Gasteiger partial charge in [0.15, 0.2) is 9.84 Å². The number of hydrogen-bond acceptors (Lipinski definition) is 3. The predicted octanol–water partition coefficient (Wildman–Crippen LogP) is 2.38. The van der Waals surface area contributed by atoms with E-state index in [9.17, 15) is 8.42 Å². The first-order chi connectivity index (χ1) is 7.60. The van der Waals surface area contributed by atoms with Crippen molar-refractivity contribution >= 4 is 15.5 Å². The molecule has 2 rings (SSSR count). The molecule has 0 saturated heterocycles. The van der Waals surface area contributed by atoms with E-state index in [2.05, 4.69) is 0 Å². The van der Waals surface area contributed by atoms with E-state index in [1.165, 1.54) is 0 Å². The number of rotatable bonds is 2. The van der Waals surface area contributed by atoms with Gasteiger partial charge in [0.05, 0.1) is 10.1 Å². The molecule has 0 atom stereocenters. The molecule has 0 unspecified atom stereocenters. The number of benzene rings is 1. The first-order valence-electron chi connectivity index (χ1n) is 5.70. The van der Waals surface area contributed by atoms with Crippen LogP contribution in [0.2, 0.25) is 0 Å². The fourth-order valence-electron chi connectivity index (χ4n) is 2.23. The van der Waals surface area contributed by atoms with E-state index in [0.717, 1.165) is 32.1 Å². The summed E-state index contributed by atoms with van der Waals surface area (Å²) in [5, 5.41) is -0.190. The molecule has 1 aliphatic carbocycles. The fraction of sp³-hybridized carbons (Fsp3) is 0.500. The standard InChI is InChI=1S/C12H17NO2S/c13-10-6-8-12(9-7-10)16(14,15)11-4-2-1-3-5-11/h6-9,11H,1-5,13H2. The Bertz CT molecular complexity index is 444. The summed E-state index contributed by atoms with van der Waals surface area (Å²) < 4.78 is 24.5. The average molecular weight is 239 g/mol. The van der Waals surface area contributed by atoms with Crippen LogP contribution in [0.5, 0.6) is 0 Å². The van der Waals surface area contributed by atoms with Crippen LogP contribution in [0.1, 0.15) is 32.1 Å². The van der Waals surface area contributed by atoms with Gasteiger partial charge in [-0.05, 0) is 37.1 Å². The van der Waals surface area contributed by atoms with Gasteiger partial charge in [0.2, 0.25) is 0 Å². The minimum Gasteiger partial charge on any atom is -0.399 e. The molecule has 0 heterocycles. The molecule has 1 saturated carbocycles. The van der Waals surface area contributed by atoms with E-state index < -0.39 is 9.84 Å². The van der Waals surface area contributed by atoms with Gasteiger partial charge in [-0.15, -0.1) is 0 Å². The fourth-order valence-corrected chi connectivity index (χ4v) is 4.08. The average Bonchev–Trinajstić information content (AvgIpc) is 2.31. The quantitative estimate of drug-likeness (QED) is 0.806. The van der Waals surface area contributed by atoms with Crippen LogP contribution in [0.25, 0.3) is 0 Å². The first-order valence-corrected chi connectivity index (χ1v) is 7.25. The van der Waals surface area contributed by atoms with Gasteiger partial charge in [0.25, 0.3) is 0 Å². The van der Waals surface area contributed by atoms with E-state index in [-0.39, 0.29) is 5.25 Å². The highest BCUT2D eigenvalue weighted by Crippen LogP contribution is 2.28. The predicted molar refractivity (Wildman–Crippen MR) is 64.9 cm³/mol. The molecule has 0 amide bonds. The van der Waals surface area contributed by atoms with Crippen molar-refractivity contribution in [3.05, 3.63) is 24.3 Å². The Hall–Kier alpha value is -1.03. The summed E-state index contributed by atoms with van der Waals surface area (Å²) in [5.74, 6) is 0. The second-order valence-corrected chi connectivity index (χ2v) is 6.60. The van der Waals surface area contributed by atoms with Gasteiger partial charge in [0, 0.05) is 5.69 Å². The molecule has 1 aromatic carbocycles. The summed E-state index contributed by atoms with van der Waals surface area (Å²) >= 11 is 0. The van der Waals surface area contributed by atoms with E-state index in [4.69, 9.17) is 5.73 Å². The molecule has 0 aromatic heterocycles. The normalized spacial score (nSPS) is 18.5. The maximum atomic E-state index is 12.3. The van der Waals surface area contributed by atoms with Gasteiger partial charge in [-0.1, -0.05) is 19.3 Å². The Morgan fingerprint density at radius 3 is 2.12 bits per heavy atom. The monoisotopic (exact) mass is 239 g/mol. The SMILES string of the molecule is Nc1ccc(S(=O)(=O)C2CCCCC2)cc1. The molecular formula is C12H17NO2S. The van der Waals surface area contributed by atoms with Crippen molar-refractivity contribution in [1.29, 1.82) is 0 Å². The van der Waals surface area contributed by atoms with E-state index in [0.29, 0.717) is 10.6 Å². The number of nitrogen functional groups attached to an aromatic ring is 1. The van der Waals surface area contributed by atoms with Crippen molar-refractivity contribution in [3.63, 3.8) is 0 Å². The maximum absolute atomic E-state index is 12.3. The molecule has 0 bridgehead atoms. The van der Waals surface area contributed by atoms with Crippen molar-refractivity contribution in [1.82, 2.24) is 0 Å². The van der Waals surface area contributed by atoms with Crippen LogP contribution in [0, 0.1) is 0 Å². The van der Waals surface area contributed by atoms with Crippen LogP contribution in [0.15, 0.2) is 29.2 Å². The Morgan fingerprint density at radius 2 is 1.56 bits per heavy atom. The summed E-state index contributed by atoms with van der Waals surface area (Å²) in [7, 11) is -3.13. The van der Waals surface area contributed by atoms with Gasteiger partial charge in [-0.3, -0.25) is 0 Å². The zero-order chi connectivity index (χ0) is 11.6. The molecule has 0 spiro atoms. The molecule has 2 N–H and O–H groups in total. The van der Waals surface area contributed by atoms with Gasteiger partial charge in [0.1, 0.15) is 0 Å². The smallest absolute Gasteiger partial charge is 0.181 e. The summed E-state index contributed by atoms with van der Waals surface area (Å²) in [5.41, 5.74) is 6.15. The molecule has 0 radical (unpaired) electrons. The molecular weight excluding hydrogens is 222 g/mol. The van der Waals surface area contributed by atoms with Gasteiger partial charge >= 0.3 is 0 Å². The topological polar surface area (TPSA) is 60.2 Å². The third-order valence-electron chi connectivity index (χ3n) is 3.20.